The third-order valence-electron chi connectivity index (χ3n) is 4.17. The van der Waals surface area contributed by atoms with Gasteiger partial charge in [-0.05, 0) is 38.1 Å². The Morgan fingerprint density at radius 1 is 1.45 bits per heavy atom. The van der Waals surface area contributed by atoms with Crippen LogP contribution in [0.4, 0.5) is 5.69 Å². The molecule has 3 unspecified atom stereocenters. The van der Waals surface area contributed by atoms with Crippen molar-refractivity contribution >= 4 is 11.6 Å². The largest absolute Gasteiger partial charge is 0.482 e. The minimum atomic E-state index is -0.103. The standard InChI is InChI=1S/C15H20N2O3/c1-9-11(5-6-19-9)15(16-2)10-3-4-13-12(7-10)17-14(18)8-20-13/h3-4,7,9,11,15-16H,5-6,8H2,1-2H3,(H,17,18). The SMILES string of the molecule is CNC(c1ccc2c(c1)NC(=O)CO2)C1CCOC1C. The fraction of sp³-hybridized carbons (Fsp3) is 0.533. The summed E-state index contributed by atoms with van der Waals surface area (Å²) in [5.41, 5.74) is 1.91. The van der Waals surface area contributed by atoms with Gasteiger partial charge < -0.3 is 20.1 Å². The quantitative estimate of drug-likeness (QED) is 0.882. The fourth-order valence-electron chi connectivity index (χ4n) is 3.11. The Kier molecular flexibility index (Phi) is 3.63. The number of carbonyl (C=O) groups excluding carboxylic acids is 1. The minimum absolute atomic E-state index is 0.0926. The number of hydrogen-bond donors (Lipinski definition) is 2. The Hall–Kier alpha value is -1.59. The Balaban J connectivity index is 1.88. The molecule has 0 aromatic heterocycles. The van der Waals surface area contributed by atoms with E-state index < -0.39 is 0 Å². The number of benzene rings is 1. The number of carbonyl (C=O) groups is 1. The molecule has 20 heavy (non-hydrogen) atoms. The summed E-state index contributed by atoms with van der Waals surface area (Å²) >= 11 is 0. The first kappa shape index (κ1) is 13.4. The first-order chi connectivity index (χ1) is 9.69. The van der Waals surface area contributed by atoms with Crippen LogP contribution in [-0.2, 0) is 9.53 Å². The van der Waals surface area contributed by atoms with Crippen molar-refractivity contribution in [3.05, 3.63) is 23.8 Å². The van der Waals surface area contributed by atoms with Gasteiger partial charge in [-0.25, -0.2) is 0 Å². The number of amides is 1. The summed E-state index contributed by atoms with van der Waals surface area (Å²) in [6, 6.07) is 6.20. The maximum absolute atomic E-state index is 11.4. The van der Waals surface area contributed by atoms with Gasteiger partial charge in [-0.1, -0.05) is 6.07 Å². The molecule has 0 bridgehead atoms. The zero-order chi connectivity index (χ0) is 14.1. The Morgan fingerprint density at radius 2 is 2.30 bits per heavy atom. The molecule has 0 saturated carbocycles. The van der Waals surface area contributed by atoms with E-state index in [0.29, 0.717) is 5.92 Å². The normalized spacial score (nSPS) is 26.6. The van der Waals surface area contributed by atoms with Gasteiger partial charge in [-0.3, -0.25) is 4.79 Å². The molecule has 5 heteroatoms. The monoisotopic (exact) mass is 276 g/mol. The lowest BCUT2D eigenvalue weighted by Crippen LogP contribution is -2.30. The predicted octanol–water partition coefficient (Wildman–Crippen LogP) is 1.70. The molecule has 1 saturated heterocycles. The molecule has 2 heterocycles. The molecule has 1 fully saturated rings. The molecule has 1 amide bonds. The van der Waals surface area contributed by atoms with Crippen molar-refractivity contribution in [2.45, 2.75) is 25.5 Å². The van der Waals surface area contributed by atoms with Crippen LogP contribution in [0.2, 0.25) is 0 Å². The van der Waals surface area contributed by atoms with Gasteiger partial charge in [0.05, 0.1) is 11.8 Å². The lowest BCUT2D eigenvalue weighted by molar-refractivity contribution is -0.118. The van der Waals surface area contributed by atoms with E-state index in [9.17, 15) is 4.79 Å². The summed E-state index contributed by atoms with van der Waals surface area (Å²) in [5.74, 6) is 1.07. The molecule has 2 N–H and O–H groups in total. The summed E-state index contributed by atoms with van der Waals surface area (Å²) < 4.78 is 11.1. The predicted molar refractivity (Wildman–Crippen MR) is 75.9 cm³/mol. The van der Waals surface area contributed by atoms with Gasteiger partial charge in [0, 0.05) is 18.6 Å². The third-order valence-corrected chi connectivity index (χ3v) is 4.17. The summed E-state index contributed by atoms with van der Waals surface area (Å²) in [4.78, 5) is 11.4. The van der Waals surface area contributed by atoms with E-state index >= 15 is 0 Å². The topological polar surface area (TPSA) is 59.6 Å². The van der Waals surface area contributed by atoms with Crippen LogP contribution in [0.15, 0.2) is 18.2 Å². The zero-order valence-corrected chi connectivity index (χ0v) is 11.8. The van der Waals surface area contributed by atoms with Gasteiger partial charge in [0.2, 0.25) is 0 Å². The van der Waals surface area contributed by atoms with Gasteiger partial charge >= 0.3 is 0 Å². The molecule has 1 aromatic rings. The zero-order valence-electron chi connectivity index (χ0n) is 11.8. The van der Waals surface area contributed by atoms with E-state index in [1.807, 2.05) is 19.2 Å². The number of nitrogens with one attached hydrogen (secondary N) is 2. The number of ether oxygens (including phenoxy) is 2. The number of hydrogen-bond acceptors (Lipinski definition) is 4. The average Bonchev–Trinajstić information content (AvgIpc) is 2.86. The Bertz CT molecular complexity index is 518. The van der Waals surface area contributed by atoms with E-state index in [0.717, 1.165) is 30.0 Å². The van der Waals surface area contributed by atoms with Crippen molar-refractivity contribution in [1.82, 2.24) is 5.32 Å². The van der Waals surface area contributed by atoms with Crippen LogP contribution in [0.25, 0.3) is 0 Å². The van der Waals surface area contributed by atoms with E-state index in [1.165, 1.54) is 0 Å². The lowest BCUT2D eigenvalue weighted by Gasteiger charge is -2.27. The van der Waals surface area contributed by atoms with Crippen molar-refractivity contribution in [3.63, 3.8) is 0 Å². The second-order valence-electron chi connectivity index (χ2n) is 5.39. The number of rotatable bonds is 3. The third kappa shape index (κ3) is 2.39. The fourth-order valence-corrected chi connectivity index (χ4v) is 3.11. The first-order valence-corrected chi connectivity index (χ1v) is 7.04. The van der Waals surface area contributed by atoms with Crippen molar-refractivity contribution in [2.24, 2.45) is 5.92 Å². The average molecular weight is 276 g/mol. The maximum Gasteiger partial charge on any atom is 0.262 e. The maximum atomic E-state index is 11.4. The van der Waals surface area contributed by atoms with Gasteiger partial charge in [-0.15, -0.1) is 0 Å². The van der Waals surface area contributed by atoms with Crippen molar-refractivity contribution in [1.29, 1.82) is 0 Å². The molecule has 1 aromatic carbocycles. The minimum Gasteiger partial charge on any atom is -0.482 e. The van der Waals surface area contributed by atoms with Crippen LogP contribution in [-0.4, -0.2) is 32.3 Å². The van der Waals surface area contributed by atoms with E-state index in [2.05, 4.69) is 23.6 Å². The van der Waals surface area contributed by atoms with Gasteiger partial charge in [0.1, 0.15) is 5.75 Å². The summed E-state index contributed by atoms with van der Waals surface area (Å²) in [6.45, 7) is 3.02. The van der Waals surface area contributed by atoms with Crippen LogP contribution in [0.3, 0.4) is 0 Å². The molecular weight excluding hydrogens is 256 g/mol. The van der Waals surface area contributed by atoms with E-state index in [-0.39, 0.29) is 24.7 Å². The second kappa shape index (κ2) is 5.42. The Morgan fingerprint density at radius 3 is 3.00 bits per heavy atom. The summed E-state index contributed by atoms with van der Waals surface area (Å²) in [6.07, 6.45) is 1.29. The lowest BCUT2D eigenvalue weighted by atomic mass is 9.88. The van der Waals surface area contributed by atoms with Crippen molar-refractivity contribution < 1.29 is 14.3 Å². The molecule has 0 spiro atoms. The first-order valence-electron chi connectivity index (χ1n) is 7.04. The molecule has 2 aliphatic heterocycles. The molecule has 0 aliphatic carbocycles. The highest BCUT2D eigenvalue weighted by Gasteiger charge is 2.32. The van der Waals surface area contributed by atoms with E-state index in [1.54, 1.807) is 0 Å². The highest BCUT2D eigenvalue weighted by Crippen LogP contribution is 2.36. The smallest absolute Gasteiger partial charge is 0.262 e. The molecule has 108 valence electrons. The van der Waals surface area contributed by atoms with Crippen molar-refractivity contribution in [3.8, 4) is 5.75 Å². The van der Waals surface area contributed by atoms with Gasteiger partial charge in [-0.2, -0.15) is 0 Å². The van der Waals surface area contributed by atoms with Crippen molar-refractivity contribution in [2.75, 3.05) is 25.6 Å². The number of anilines is 1. The molecule has 5 nitrogen and oxygen atoms in total. The van der Waals surface area contributed by atoms with Gasteiger partial charge in [0.25, 0.3) is 5.91 Å². The molecule has 2 aliphatic rings. The highest BCUT2D eigenvalue weighted by molar-refractivity contribution is 5.95. The van der Waals surface area contributed by atoms with Gasteiger partial charge in [0.15, 0.2) is 6.61 Å². The molecule has 0 radical (unpaired) electrons. The Labute approximate surface area is 118 Å². The second-order valence-corrected chi connectivity index (χ2v) is 5.39. The van der Waals surface area contributed by atoms with Crippen LogP contribution < -0.4 is 15.4 Å². The van der Waals surface area contributed by atoms with Crippen LogP contribution in [0.5, 0.6) is 5.75 Å². The highest BCUT2D eigenvalue weighted by atomic mass is 16.5. The van der Waals surface area contributed by atoms with Crippen LogP contribution in [0, 0.1) is 5.92 Å². The molecular formula is C15H20N2O3. The number of fused-ring (bicyclic) bond motifs is 1. The van der Waals surface area contributed by atoms with Crippen LogP contribution in [0.1, 0.15) is 24.9 Å². The summed E-state index contributed by atoms with van der Waals surface area (Å²) in [7, 11) is 1.96. The van der Waals surface area contributed by atoms with E-state index in [4.69, 9.17) is 9.47 Å². The molecule has 3 atom stereocenters. The summed E-state index contributed by atoms with van der Waals surface area (Å²) in [5, 5.41) is 6.23. The van der Waals surface area contributed by atoms with Crippen LogP contribution >= 0.6 is 0 Å². The molecule has 3 rings (SSSR count).